The van der Waals surface area contributed by atoms with Crippen LogP contribution in [0.25, 0.3) is 0 Å². The van der Waals surface area contributed by atoms with Crippen molar-refractivity contribution in [2.45, 2.75) is 20.0 Å². The van der Waals surface area contributed by atoms with Crippen LogP contribution in [0.1, 0.15) is 24.2 Å². The number of morpholine rings is 1. The van der Waals surface area contributed by atoms with E-state index in [9.17, 15) is 4.79 Å². The van der Waals surface area contributed by atoms with Crippen LogP contribution in [-0.4, -0.2) is 61.8 Å². The number of methoxy groups -OCH3 is 1. The fraction of sp³-hybridized carbons (Fsp3) is 0.625. The molecular weight excluding hydrogens is 282 g/mol. The van der Waals surface area contributed by atoms with Crippen molar-refractivity contribution < 1.29 is 14.3 Å². The van der Waals surface area contributed by atoms with Crippen LogP contribution >= 0.6 is 0 Å². The van der Waals surface area contributed by atoms with E-state index < -0.39 is 0 Å². The maximum atomic E-state index is 12.2. The zero-order valence-electron chi connectivity index (χ0n) is 13.5. The standard InChI is InChI=1S/C16H25N3O3/c1-12(2)10-19-7-8-22-13(11-19)9-18-15(20)14-5-4-6-17-16(14)21-3/h4-6,12-13H,7-11H2,1-3H3,(H,18,20)/t13-/m0/s1. The summed E-state index contributed by atoms with van der Waals surface area (Å²) in [4.78, 5) is 18.6. The maximum Gasteiger partial charge on any atom is 0.256 e. The number of carbonyl (C=O) groups is 1. The van der Waals surface area contributed by atoms with Gasteiger partial charge in [0.15, 0.2) is 0 Å². The number of carbonyl (C=O) groups excluding carboxylic acids is 1. The third-order valence-electron chi connectivity index (χ3n) is 3.55. The first kappa shape index (κ1) is 16.7. The second-order valence-corrected chi connectivity index (χ2v) is 5.92. The van der Waals surface area contributed by atoms with E-state index in [1.54, 1.807) is 18.3 Å². The summed E-state index contributed by atoms with van der Waals surface area (Å²) in [6.07, 6.45) is 1.63. The third kappa shape index (κ3) is 4.68. The van der Waals surface area contributed by atoms with E-state index in [0.717, 1.165) is 19.6 Å². The number of nitrogens with zero attached hydrogens (tertiary/aromatic N) is 2. The number of hydrogen-bond donors (Lipinski definition) is 1. The lowest BCUT2D eigenvalue weighted by molar-refractivity contribution is -0.0295. The van der Waals surface area contributed by atoms with Crippen molar-refractivity contribution in [2.24, 2.45) is 5.92 Å². The largest absolute Gasteiger partial charge is 0.480 e. The summed E-state index contributed by atoms with van der Waals surface area (Å²) in [5, 5.41) is 2.91. The minimum atomic E-state index is -0.186. The van der Waals surface area contributed by atoms with Crippen LogP contribution in [0.15, 0.2) is 18.3 Å². The van der Waals surface area contributed by atoms with E-state index in [0.29, 0.717) is 30.5 Å². The first-order valence-corrected chi connectivity index (χ1v) is 7.71. The predicted molar refractivity (Wildman–Crippen MR) is 84.1 cm³/mol. The van der Waals surface area contributed by atoms with Crippen molar-refractivity contribution in [2.75, 3.05) is 39.9 Å². The number of amides is 1. The lowest BCUT2D eigenvalue weighted by Gasteiger charge is -2.33. The molecule has 1 N–H and O–H groups in total. The molecule has 6 nitrogen and oxygen atoms in total. The lowest BCUT2D eigenvalue weighted by Crippen LogP contribution is -2.48. The van der Waals surface area contributed by atoms with Gasteiger partial charge in [-0.25, -0.2) is 4.98 Å². The molecule has 122 valence electrons. The van der Waals surface area contributed by atoms with Crippen LogP contribution in [0, 0.1) is 5.92 Å². The van der Waals surface area contributed by atoms with Crippen molar-refractivity contribution >= 4 is 5.91 Å². The van der Waals surface area contributed by atoms with Crippen LogP contribution < -0.4 is 10.1 Å². The summed E-state index contributed by atoms with van der Waals surface area (Å²) < 4.78 is 10.8. The fourth-order valence-electron chi connectivity index (χ4n) is 2.61. The van der Waals surface area contributed by atoms with Gasteiger partial charge < -0.3 is 14.8 Å². The Bertz CT molecular complexity index is 493. The van der Waals surface area contributed by atoms with Gasteiger partial charge in [-0.15, -0.1) is 0 Å². The van der Waals surface area contributed by atoms with Gasteiger partial charge in [-0.1, -0.05) is 13.8 Å². The molecule has 2 heterocycles. The number of nitrogens with one attached hydrogen (secondary N) is 1. The van der Waals surface area contributed by atoms with Crippen LogP contribution in [0.4, 0.5) is 0 Å². The molecule has 0 aromatic carbocycles. The van der Waals surface area contributed by atoms with E-state index in [4.69, 9.17) is 9.47 Å². The highest BCUT2D eigenvalue weighted by Crippen LogP contribution is 2.13. The third-order valence-corrected chi connectivity index (χ3v) is 3.55. The van der Waals surface area contributed by atoms with Gasteiger partial charge in [-0.3, -0.25) is 9.69 Å². The first-order valence-electron chi connectivity index (χ1n) is 7.71. The molecular formula is C16H25N3O3. The minimum Gasteiger partial charge on any atom is -0.480 e. The molecule has 0 unspecified atom stereocenters. The highest BCUT2D eigenvalue weighted by Gasteiger charge is 2.22. The normalized spacial score (nSPS) is 19.2. The summed E-state index contributed by atoms with van der Waals surface area (Å²) in [5.41, 5.74) is 0.444. The predicted octanol–water partition coefficient (Wildman–Crippen LogP) is 1.18. The Morgan fingerprint density at radius 3 is 3.14 bits per heavy atom. The molecule has 0 aliphatic carbocycles. The highest BCUT2D eigenvalue weighted by atomic mass is 16.5. The molecule has 1 aliphatic heterocycles. The van der Waals surface area contributed by atoms with E-state index in [1.807, 2.05) is 0 Å². The van der Waals surface area contributed by atoms with Crippen molar-refractivity contribution in [1.29, 1.82) is 0 Å². The summed E-state index contributed by atoms with van der Waals surface area (Å²) >= 11 is 0. The van der Waals surface area contributed by atoms with Crippen molar-refractivity contribution in [3.63, 3.8) is 0 Å². The summed E-state index contributed by atoms with van der Waals surface area (Å²) in [6.45, 7) is 8.49. The Hall–Kier alpha value is -1.66. The fourth-order valence-corrected chi connectivity index (χ4v) is 2.61. The molecule has 6 heteroatoms. The smallest absolute Gasteiger partial charge is 0.256 e. The number of ether oxygens (including phenoxy) is 2. The molecule has 1 fully saturated rings. The molecule has 1 saturated heterocycles. The Kier molecular flexibility index (Phi) is 6.15. The molecule has 1 aliphatic rings. The number of hydrogen-bond acceptors (Lipinski definition) is 5. The Labute approximate surface area is 131 Å². The van der Waals surface area contributed by atoms with Crippen LogP contribution in [-0.2, 0) is 4.74 Å². The second kappa shape index (κ2) is 8.10. The number of aromatic nitrogens is 1. The van der Waals surface area contributed by atoms with Crippen LogP contribution in [0.3, 0.4) is 0 Å². The van der Waals surface area contributed by atoms with Gasteiger partial charge in [-0.05, 0) is 18.1 Å². The Balaban J connectivity index is 1.85. The van der Waals surface area contributed by atoms with Crippen LogP contribution in [0.5, 0.6) is 5.88 Å². The lowest BCUT2D eigenvalue weighted by atomic mass is 10.1. The first-order chi connectivity index (χ1) is 10.6. The van der Waals surface area contributed by atoms with Crippen molar-refractivity contribution in [3.8, 4) is 5.88 Å². The average molecular weight is 307 g/mol. The molecule has 1 amide bonds. The molecule has 1 atom stereocenters. The van der Waals surface area contributed by atoms with Gasteiger partial charge >= 0.3 is 0 Å². The van der Waals surface area contributed by atoms with Crippen molar-refractivity contribution in [1.82, 2.24) is 15.2 Å². The highest BCUT2D eigenvalue weighted by molar-refractivity contribution is 5.96. The van der Waals surface area contributed by atoms with E-state index in [1.165, 1.54) is 7.11 Å². The van der Waals surface area contributed by atoms with Gasteiger partial charge in [0.05, 0.1) is 19.8 Å². The van der Waals surface area contributed by atoms with Gasteiger partial charge in [-0.2, -0.15) is 0 Å². The Morgan fingerprint density at radius 2 is 2.41 bits per heavy atom. The maximum absolute atomic E-state index is 12.2. The molecule has 22 heavy (non-hydrogen) atoms. The number of rotatable bonds is 6. The summed E-state index contributed by atoms with van der Waals surface area (Å²) in [7, 11) is 1.51. The molecule has 0 bridgehead atoms. The van der Waals surface area contributed by atoms with E-state index in [-0.39, 0.29) is 12.0 Å². The molecule has 1 aromatic rings. The zero-order chi connectivity index (χ0) is 15.9. The molecule has 0 saturated carbocycles. The molecule has 0 spiro atoms. The topological polar surface area (TPSA) is 63.7 Å². The van der Waals surface area contributed by atoms with E-state index >= 15 is 0 Å². The SMILES string of the molecule is COc1ncccc1C(=O)NC[C@H]1CN(CC(C)C)CCO1. The molecule has 1 aromatic heterocycles. The van der Waals surface area contributed by atoms with Crippen LogP contribution in [0.2, 0.25) is 0 Å². The molecule has 0 radical (unpaired) electrons. The van der Waals surface area contributed by atoms with Crippen molar-refractivity contribution in [3.05, 3.63) is 23.9 Å². The van der Waals surface area contributed by atoms with Gasteiger partial charge in [0, 0.05) is 32.4 Å². The second-order valence-electron chi connectivity index (χ2n) is 5.92. The zero-order valence-corrected chi connectivity index (χ0v) is 13.5. The monoisotopic (exact) mass is 307 g/mol. The summed E-state index contributed by atoms with van der Waals surface area (Å²) in [5.74, 6) is 0.786. The van der Waals surface area contributed by atoms with Gasteiger partial charge in [0.2, 0.25) is 5.88 Å². The molecule has 2 rings (SSSR count). The van der Waals surface area contributed by atoms with Gasteiger partial charge in [0.1, 0.15) is 5.56 Å². The summed E-state index contributed by atoms with van der Waals surface area (Å²) in [6, 6.07) is 3.42. The van der Waals surface area contributed by atoms with Gasteiger partial charge in [0.25, 0.3) is 5.91 Å². The quantitative estimate of drug-likeness (QED) is 0.855. The Morgan fingerprint density at radius 1 is 1.59 bits per heavy atom. The van der Waals surface area contributed by atoms with E-state index in [2.05, 4.69) is 29.0 Å². The minimum absolute atomic E-state index is 0.0270. The number of pyridine rings is 1. The average Bonchev–Trinajstić information content (AvgIpc) is 2.52.